The van der Waals surface area contributed by atoms with Gasteiger partial charge in [-0.05, 0) is 13.8 Å². The highest BCUT2D eigenvalue weighted by molar-refractivity contribution is 6.41. The van der Waals surface area contributed by atoms with E-state index in [0.29, 0.717) is 0 Å². The first-order chi connectivity index (χ1) is 5.13. The standard InChI is InChI=1S/C7H8O4/c1-3-11-7(10)6(9)5(2)4-8/h3H2,1-2H3. The minimum atomic E-state index is -1.01. The highest BCUT2D eigenvalue weighted by Gasteiger charge is 2.16. The Bertz CT molecular complexity index is 223. The van der Waals surface area contributed by atoms with Crippen molar-refractivity contribution in [2.45, 2.75) is 13.8 Å². The summed E-state index contributed by atoms with van der Waals surface area (Å²) in [6, 6.07) is 0. The number of ketones is 1. The van der Waals surface area contributed by atoms with E-state index in [-0.39, 0.29) is 12.2 Å². The third-order valence-corrected chi connectivity index (χ3v) is 0.955. The van der Waals surface area contributed by atoms with E-state index in [9.17, 15) is 14.4 Å². The van der Waals surface area contributed by atoms with Gasteiger partial charge in [-0.2, -0.15) is 0 Å². The van der Waals surface area contributed by atoms with E-state index in [1.807, 2.05) is 0 Å². The maximum atomic E-state index is 10.7. The molecule has 0 rings (SSSR count). The molecule has 0 heterocycles. The molecule has 0 aliphatic rings. The number of Topliss-reactive ketones (excluding diaryl/α,β-unsaturated/α-hetero) is 1. The summed E-state index contributed by atoms with van der Waals surface area (Å²) in [5, 5.41) is 0. The van der Waals surface area contributed by atoms with Crippen LogP contribution in [0.25, 0.3) is 0 Å². The molecule has 0 aliphatic heterocycles. The molecule has 0 saturated heterocycles. The largest absolute Gasteiger partial charge is 0.460 e. The Balaban J connectivity index is 4.26. The van der Waals surface area contributed by atoms with Crippen molar-refractivity contribution in [3.05, 3.63) is 5.57 Å². The number of hydrogen-bond donors (Lipinski definition) is 0. The molecule has 0 saturated carbocycles. The molecule has 4 nitrogen and oxygen atoms in total. The quantitative estimate of drug-likeness (QED) is 0.248. The minimum absolute atomic E-state index is 0.122. The second kappa shape index (κ2) is 4.41. The predicted molar refractivity (Wildman–Crippen MR) is 36.5 cm³/mol. The topological polar surface area (TPSA) is 60.4 Å². The fourth-order valence-electron chi connectivity index (χ4n) is 0.396. The van der Waals surface area contributed by atoms with Crippen LogP contribution in [-0.4, -0.2) is 24.3 Å². The van der Waals surface area contributed by atoms with Crippen molar-refractivity contribution >= 4 is 17.7 Å². The molecule has 60 valence electrons. The molecule has 0 N–H and O–H groups in total. The summed E-state index contributed by atoms with van der Waals surface area (Å²) >= 11 is 0. The van der Waals surface area contributed by atoms with Crippen LogP contribution in [0.4, 0.5) is 0 Å². The summed E-state index contributed by atoms with van der Waals surface area (Å²) in [5.74, 6) is -0.615. The van der Waals surface area contributed by atoms with Gasteiger partial charge in [-0.1, -0.05) is 0 Å². The molecule has 0 aromatic rings. The Kier molecular flexibility index (Phi) is 3.85. The third kappa shape index (κ3) is 2.78. The molecule has 0 amide bonds. The Labute approximate surface area is 63.8 Å². The molecule has 0 aromatic carbocycles. The van der Waals surface area contributed by atoms with Gasteiger partial charge in [0, 0.05) is 0 Å². The van der Waals surface area contributed by atoms with Gasteiger partial charge in [0.15, 0.2) is 0 Å². The smallest absolute Gasteiger partial charge is 0.380 e. The Morgan fingerprint density at radius 3 is 2.36 bits per heavy atom. The Morgan fingerprint density at radius 1 is 1.45 bits per heavy atom. The van der Waals surface area contributed by atoms with Gasteiger partial charge < -0.3 is 4.74 Å². The van der Waals surface area contributed by atoms with E-state index in [1.165, 1.54) is 12.9 Å². The fraction of sp³-hybridized carbons (Fsp3) is 0.429. The van der Waals surface area contributed by atoms with E-state index < -0.39 is 11.8 Å². The molecule has 11 heavy (non-hydrogen) atoms. The molecule has 0 aromatic heterocycles. The van der Waals surface area contributed by atoms with Crippen molar-refractivity contribution in [2.75, 3.05) is 6.61 Å². The van der Waals surface area contributed by atoms with E-state index in [4.69, 9.17) is 0 Å². The first kappa shape index (κ1) is 9.59. The number of hydrogen-bond acceptors (Lipinski definition) is 4. The lowest BCUT2D eigenvalue weighted by molar-refractivity contribution is -0.151. The molecular weight excluding hydrogens is 148 g/mol. The normalized spacial score (nSPS) is 8.18. The maximum absolute atomic E-state index is 10.7. The van der Waals surface area contributed by atoms with Crippen LogP contribution >= 0.6 is 0 Å². The lowest BCUT2D eigenvalue weighted by atomic mass is 10.2. The molecule has 0 radical (unpaired) electrons. The van der Waals surface area contributed by atoms with Crippen LogP contribution in [0.1, 0.15) is 13.8 Å². The number of carbonyl (C=O) groups is 2. The number of esters is 1. The molecular formula is C7H8O4. The summed E-state index contributed by atoms with van der Waals surface area (Å²) in [6.07, 6.45) is 0. The Hall–Kier alpha value is -1.41. The van der Waals surface area contributed by atoms with Crippen LogP contribution in [0.2, 0.25) is 0 Å². The van der Waals surface area contributed by atoms with E-state index in [1.54, 1.807) is 6.92 Å². The summed E-state index contributed by atoms with van der Waals surface area (Å²) in [5.41, 5.74) is -0.261. The Morgan fingerprint density at radius 2 is 2.00 bits per heavy atom. The van der Waals surface area contributed by atoms with Crippen LogP contribution in [0.5, 0.6) is 0 Å². The van der Waals surface area contributed by atoms with Gasteiger partial charge in [0.1, 0.15) is 5.94 Å². The van der Waals surface area contributed by atoms with Crippen molar-refractivity contribution in [1.29, 1.82) is 0 Å². The second-order valence-corrected chi connectivity index (χ2v) is 1.78. The molecule has 0 bridgehead atoms. The van der Waals surface area contributed by atoms with E-state index >= 15 is 0 Å². The van der Waals surface area contributed by atoms with Crippen molar-refractivity contribution < 1.29 is 19.1 Å². The average Bonchev–Trinajstić information content (AvgIpc) is 2.02. The number of rotatable bonds is 3. The van der Waals surface area contributed by atoms with Crippen molar-refractivity contribution in [3.8, 4) is 0 Å². The molecule has 0 fully saturated rings. The number of ether oxygens (including phenoxy) is 1. The monoisotopic (exact) mass is 156 g/mol. The second-order valence-electron chi connectivity index (χ2n) is 1.78. The summed E-state index contributed by atoms with van der Waals surface area (Å²) in [6.45, 7) is 2.91. The summed E-state index contributed by atoms with van der Waals surface area (Å²) in [7, 11) is 0. The van der Waals surface area contributed by atoms with E-state index in [0.717, 1.165) is 0 Å². The predicted octanol–water partition coefficient (Wildman–Crippen LogP) is -0.103. The molecule has 0 aliphatic carbocycles. The third-order valence-electron chi connectivity index (χ3n) is 0.955. The van der Waals surface area contributed by atoms with Gasteiger partial charge in [-0.25, -0.2) is 9.59 Å². The van der Waals surface area contributed by atoms with Gasteiger partial charge in [0.05, 0.1) is 12.2 Å². The first-order valence-corrected chi connectivity index (χ1v) is 3.06. The van der Waals surface area contributed by atoms with E-state index in [2.05, 4.69) is 4.74 Å². The van der Waals surface area contributed by atoms with Crippen LogP contribution in [-0.2, 0) is 19.1 Å². The maximum Gasteiger partial charge on any atom is 0.380 e. The van der Waals surface area contributed by atoms with Gasteiger partial charge in [-0.15, -0.1) is 0 Å². The van der Waals surface area contributed by atoms with Crippen LogP contribution in [0.3, 0.4) is 0 Å². The zero-order valence-corrected chi connectivity index (χ0v) is 6.34. The highest BCUT2D eigenvalue weighted by atomic mass is 16.5. The van der Waals surface area contributed by atoms with Crippen LogP contribution < -0.4 is 0 Å². The van der Waals surface area contributed by atoms with Crippen LogP contribution in [0.15, 0.2) is 5.57 Å². The zero-order chi connectivity index (χ0) is 8.85. The first-order valence-electron chi connectivity index (χ1n) is 3.06. The van der Waals surface area contributed by atoms with Crippen LogP contribution in [0, 0.1) is 0 Å². The van der Waals surface area contributed by atoms with Gasteiger partial charge >= 0.3 is 5.97 Å². The van der Waals surface area contributed by atoms with Crippen molar-refractivity contribution in [3.63, 3.8) is 0 Å². The summed E-state index contributed by atoms with van der Waals surface area (Å²) in [4.78, 5) is 31.1. The molecule has 0 unspecified atom stereocenters. The molecule has 0 spiro atoms. The minimum Gasteiger partial charge on any atom is -0.460 e. The highest BCUT2D eigenvalue weighted by Crippen LogP contribution is 1.91. The van der Waals surface area contributed by atoms with Gasteiger partial charge in [0.25, 0.3) is 5.78 Å². The average molecular weight is 156 g/mol. The zero-order valence-electron chi connectivity index (χ0n) is 6.34. The van der Waals surface area contributed by atoms with Crippen molar-refractivity contribution in [2.24, 2.45) is 0 Å². The van der Waals surface area contributed by atoms with Gasteiger partial charge in [-0.3, -0.25) is 4.79 Å². The number of carbonyl (C=O) groups excluding carboxylic acids is 3. The van der Waals surface area contributed by atoms with Gasteiger partial charge in [0.2, 0.25) is 0 Å². The molecule has 4 heteroatoms. The summed E-state index contributed by atoms with van der Waals surface area (Å²) < 4.78 is 4.34. The lowest BCUT2D eigenvalue weighted by Gasteiger charge is -1.96. The lowest BCUT2D eigenvalue weighted by Crippen LogP contribution is -2.18. The molecule has 0 atom stereocenters. The fourth-order valence-corrected chi connectivity index (χ4v) is 0.396. The van der Waals surface area contributed by atoms with Crippen molar-refractivity contribution in [1.82, 2.24) is 0 Å². The SMILES string of the molecule is CCOC(=O)C(=O)C(C)=C=O.